The van der Waals surface area contributed by atoms with Gasteiger partial charge in [-0.1, -0.05) is 121 Å². The van der Waals surface area contributed by atoms with Crippen LogP contribution in [0.2, 0.25) is 0 Å². The molecule has 5 atom stereocenters. The predicted molar refractivity (Wildman–Crippen MR) is 199 cm³/mol. The molecule has 4 nitrogen and oxygen atoms in total. The van der Waals surface area contributed by atoms with E-state index in [0.29, 0.717) is 18.4 Å². The van der Waals surface area contributed by atoms with Crippen molar-refractivity contribution in [3.8, 4) is 5.75 Å². The zero-order valence-electron chi connectivity index (χ0n) is 27.3. The molecular weight excluding hydrogens is 587 g/mol. The molecular formula is C44H41N3O. The highest BCUT2D eigenvalue weighted by Gasteiger charge is 2.43. The van der Waals surface area contributed by atoms with Crippen LogP contribution in [0.25, 0.3) is 0 Å². The highest BCUT2D eigenvalue weighted by atomic mass is 16.5. The van der Waals surface area contributed by atoms with Gasteiger partial charge in [0.15, 0.2) is 6.10 Å². The molecule has 0 amide bonds. The van der Waals surface area contributed by atoms with E-state index in [4.69, 9.17) is 14.7 Å². The van der Waals surface area contributed by atoms with Gasteiger partial charge in [0.05, 0.1) is 29.9 Å². The summed E-state index contributed by atoms with van der Waals surface area (Å²) in [5.41, 5.74) is 10.7. The van der Waals surface area contributed by atoms with Crippen molar-refractivity contribution >= 4 is 23.8 Å². The topological polar surface area (TPSA) is 46.3 Å². The summed E-state index contributed by atoms with van der Waals surface area (Å²) in [5.74, 6) is 1.90. The van der Waals surface area contributed by atoms with Gasteiger partial charge in [-0.2, -0.15) is 0 Å². The number of aliphatic imine (C=N–C) groups is 3. The molecule has 0 aromatic heterocycles. The summed E-state index contributed by atoms with van der Waals surface area (Å²) in [6, 6.07) is 27.6. The summed E-state index contributed by atoms with van der Waals surface area (Å²) in [6.07, 6.45) is 25.2. The van der Waals surface area contributed by atoms with Crippen LogP contribution in [-0.2, 0) is 0 Å². The molecule has 5 unspecified atom stereocenters. The lowest BCUT2D eigenvalue weighted by Crippen LogP contribution is -2.34. The van der Waals surface area contributed by atoms with Gasteiger partial charge in [-0.05, 0) is 72.4 Å². The van der Waals surface area contributed by atoms with Crippen LogP contribution >= 0.6 is 0 Å². The minimum absolute atomic E-state index is 0.0565. The zero-order valence-corrected chi connectivity index (χ0v) is 27.3. The predicted octanol–water partition coefficient (Wildman–Crippen LogP) is 9.90. The van der Waals surface area contributed by atoms with E-state index in [1.54, 1.807) is 0 Å². The Bertz CT molecular complexity index is 1950. The molecule has 0 saturated carbocycles. The number of hydrogen-bond acceptors (Lipinski definition) is 4. The second-order valence-electron chi connectivity index (χ2n) is 13.3. The maximum Gasteiger partial charge on any atom is 0.152 e. The standard InChI is InChI=1S/C44H41N3O/c1-45-39(34-25-23-32(24-26-34)31-14-4-2-5-15-31)28-40(33-16-6-3-7-17-33)46-29-30-13-12-18-35(27-30)43-44-42(36-19-8-10-21-38(36)47-43)37-20-9-11-22-41(37)48-44/h2-11,13-14,16-17,19-25,27,31,34,39,42,44H,1,12,15,18,26,28-29H2/b46-40+. The van der Waals surface area contributed by atoms with E-state index in [0.717, 1.165) is 60.5 Å². The Morgan fingerprint density at radius 1 is 0.896 bits per heavy atom. The van der Waals surface area contributed by atoms with Crippen molar-refractivity contribution in [3.63, 3.8) is 0 Å². The fourth-order valence-electron chi connectivity index (χ4n) is 7.82. The molecule has 3 aliphatic carbocycles. The molecule has 238 valence electrons. The molecule has 2 heterocycles. The van der Waals surface area contributed by atoms with E-state index < -0.39 is 0 Å². The molecule has 0 spiro atoms. The van der Waals surface area contributed by atoms with Crippen LogP contribution in [0.4, 0.5) is 5.69 Å². The highest BCUT2D eigenvalue weighted by Crippen LogP contribution is 2.49. The van der Waals surface area contributed by atoms with Gasteiger partial charge < -0.3 is 4.74 Å². The lowest BCUT2D eigenvalue weighted by Gasteiger charge is -2.29. The molecule has 48 heavy (non-hydrogen) atoms. The summed E-state index contributed by atoms with van der Waals surface area (Å²) >= 11 is 0. The minimum atomic E-state index is -0.116. The van der Waals surface area contributed by atoms with E-state index in [9.17, 15) is 0 Å². The fraction of sp³-hybridized carbons (Fsp3) is 0.250. The smallest absolute Gasteiger partial charge is 0.152 e. The highest BCUT2D eigenvalue weighted by molar-refractivity contribution is 6.08. The van der Waals surface area contributed by atoms with Crippen LogP contribution in [-0.4, -0.2) is 36.8 Å². The van der Waals surface area contributed by atoms with Crippen molar-refractivity contribution in [1.82, 2.24) is 0 Å². The molecule has 0 radical (unpaired) electrons. The number of ether oxygens (including phenoxy) is 1. The van der Waals surface area contributed by atoms with E-state index >= 15 is 0 Å². The van der Waals surface area contributed by atoms with Gasteiger partial charge in [-0.25, -0.2) is 4.99 Å². The second kappa shape index (κ2) is 13.6. The fourth-order valence-corrected chi connectivity index (χ4v) is 7.82. The summed E-state index contributed by atoms with van der Waals surface area (Å²) in [5, 5.41) is 0. The maximum absolute atomic E-state index is 6.63. The van der Waals surface area contributed by atoms with Gasteiger partial charge in [0.25, 0.3) is 0 Å². The third kappa shape index (κ3) is 6.04. The molecule has 4 heteroatoms. The summed E-state index contributed by atoms with van der Waals surface area (Å²) in [7, 11) is 0. The SMILES string of the molecule is C=NC(C/C(=N\CC1=CCCC(C2=Nc3ccccc3C3c4ccccc4OC23)=C1)c1ccccc1)C1C=CC(C2C=CC=CC2)=CC1. The Balaban J connectivity index is 1.03. The first-order valence-corrected chi connectivity index (χ1v) is 17.3. The Labute approximate surface area is 284 Å². The molecule has 2 aliphatic heterocycles. The Kier molecular flexibility index (Phi) is 8.55. The van der Waals surface area contributed by atoms with Gasteiger partial charge in [0, 0.05) is 29.5 Å². The van der Waals surface area contributed by atoms with E-state index in [1.807, 2.05) is 0 Å². The molecule has 3 aromatic carbocycles. The largest absolute Gasteiger partial charge is 0.483 e. The van der Waals surface area contributed by atoms with Gasteiger partial charge in [0.2, 0.25) is 0 Å². The van der Waals surface area contributed by atoms with Crippen LogP contribution in [0.3, 0.4) is 0 Å². The number of rotatable bonds is 9. The van der Waals surface area contributed by atoms with E-state index in [2.05, 4.69) is 145 Å². The number of fused-ring (bicyclic) bond motifs is 5. The average molecular weight is 628 g/mol. The van der Waals surface area contributed by atoms with Gasteiger partial charge in [0.1, 0.15) is 5.75 Å². The summed E-state index contributed by atoms with van der Waals surface area (Å²) < 4.78 is 6.63. The Hall–Kier alpha value is -5.09. The molecule has 8 rings (SSSR count). The third-order valence-corrected chi connectivity index (χ3v) is 10.4. The van der Waals surface area contributed by atoms with Crippen LogP contribution in [0.15, 0.2) is 165 Å². The number of nitrogens with zero attached hydrogens (tertiary/aromatic N) is 3. The van der Waals surface area contributed by atoms with Crippen molar-refractivity contribution in [2.75, 3.05) is 6.54 Å². The monoisotopic (exact) mass is 627 g/mol. The minimum Gasteiger partial charge on any atom is -0.483 e. The molecule has 5 aliphatic rings. The average Bonchev–Trinajstić information content (AvgIpc) is 3.56. The van der Waals surface area contributed by atoms with E-state index in [-0.39, 0.29) is 18.1 Å². The normalized spacial score (nSPS) is 24.6. The summed E-state index contributed by atoms with van der Waals surface area (Å²) in [4.78, 5) is 15.2. The Morgan fingerprint density at radius 2 is 1.73 bits per heavy atom. The molecule has 0 N–H and O–H groups in total. The zero-order chi connectivity index (χ0) is 32.3. The van der Waals surface area contributed by atoms with E-state index in [1.165, 1.54) is 27.8 Å². The Morgan fingerprint density at radius 3 is 2.54 bits per heavy atom. The molecule has 0 bridgehead atoms. The van der Waals surface area contributed by atoms with Gasteiger partial charge in [-0.3, -0.25) is 9.98 Å². The van der Waals surface area contributed by atoms with Crippen LogP contribution in [0.5, 0.6) is 5.75 Å². The number of hydrogen-bond donors (Lipinski definition) is 0. The first-order valence-electron chi connectivity index (χ1n) is 17.3. The molecule has 3 aromatic rings. The van der Waals surface area contributed by atoms with Gasteiger partial charge in [-0.15, -0.1) is 0 Å². The van der Waals surface area contributed by atoms with Crippen molar-refractivity contribution < 1.29 is 4.74 Å². The molecule has 0 saturated heterocycles. The lowest BCUT2D eigenvalue weighted by atomic mass is 9.80. The quantitative estimate of drug-likeness (QED) is 0.218. The van der Waals surface area contributed by atoms with Crippen LogP contribution in [0.1, 0.15) is 54.7 Å². The van der Waals surface area contributed by atoms with Crippen molar-refractivity contribution in [2.45, 2.75) is 50.2 Å². The summed E-state index contributed by atoms with van der Waals surface area (Å²) in [6.45, 7) is 4.65. The van der Waals surface area contributed by atoms with Gasteiger partial charge >= 0.3 is 0 Å². The maximum atomic E-state index is 6.63. The first kappa shape index (κ1) is 30.3. The third-order valence-electron chi connectivity index (χ3n) is 10.4. The van der Waals surface area contributed by atoms with Crippen molar-refractivity contribution in [3.05, 3.63) is 167 Å². The lowest BCUT2D eigenvalue weighted by molar-refractivity contribution is 0.284. The number of para-hydroxylation sites is 2. The second-order valence-corrected chi connectivity index (χ2v) is 13.3. The van der Waals surface area contributed by atoms with Crippen LogP contribution in [0, 0.1) is 11.8 Å². The van der Waals surface area contributed by atoms with Crippen molar-refractivity contribution in [2.24, 2.45) is 26.8 Å². The number of allylic oxidation sites excluding steroid dienone is 8. The van der Waals surface area contributed by atoms with Crippen molar-refractivity contribution in [1.29, 1.82) is 0 Å². The number of benzene rings is 3. The molecule has 0 fully saturated rings. The van der Waals surface area contributed by atoms with Crippen LogP contribution < -0.4 is 4.74 Å². The first-order chi connectivity index (χ1) is 23.7.